The van der Waals surface area contributed by atoms with Gasteiger partial charge in [-0.1, -0.05) is 0 Å². The molecule has 0 bridgehead atoms. The van der Waals surface area contributed by atoms with Crippen LogP contribution in [0.25, 0.3) is 0 Å². The van der Waals surface area contributed by atoms with Crippen molar-refractivity contribution in [2.24, 2.45) is 0 Å². The van der Waals surface area contributed by atoms with Crippen LogP contribution >= 0.6 is 22.6 Å². The molecule has 2 heterocycles. The molecule has 66 valence electrons. The van der Waals surface area contributed by atoms with Gasteiger partial charge in [0.05, 0.1) is 16.3 Å². The maximum Gasteiger partial charge on any atom is 0.0660 e. The highest BCUT2D eigenvalue weighted by molar-refractivity contribution is 14.1. The Bertz CT molecular complexity index is 383. The number of hydrogen-bond acceptors (Lipinski definition) is 2. The summed E-state index contributed by atoms with van der Waals surface area (Å²) < 4.78 is 3.07. The van der Waals surface area contributed by atoms with Crippen LogP contribution in [-0.2, 0) is 6.54 Å². The van der Waals surface area contributed by atoms with Crippen LogP contribution in [0.1, 0.15) is 5.56 Å². The predicted molar refractivity (Wildman–Crippen MR) is 58.3 cm³/mol. The van der Waals surface area contributed by atoms with Crippen LogP contribution in [0, 0.1) is 3.57 Å². The van der Waals surface area contributed by atoms with Gasteiger partial charge in [-0.3, -0.25) is 9.67 Å². The van der Waals surface area contributed by atoms with Crippen molar-refractivity contribution in [2.45, 2.75) is 6.54 Å². The van der Waals surface area contributed by atoms with E-state index >= 15 is 0 Å². The summed E-state index contributed by atoms with van der Waals surface area (Å²) in [7, 11) is 0. The zero-order chi connectivity index (χ0) is 9.10. The Balaban J connectivity index is 2.15. The van der Waals surface area contributed by atoms with Gasteiger partial charge in [0.1, 0.15) is 0 Å². The van der Waals surface area contributed by atoms with Crippen molar-refractivity contribution in [3.8, 4) is 0 Å². The minimum Gasteiger partial charge on any atom is -0.267 e. The lowest BCUT2D eigenvalue weighted by Gasteiger charge is -1.99. The molecule has 2 rings (SSSR count). The topological polar surface area (TPSA) is 30.7 Å². The van der Waals surface area contributed by atoms with E-state index in [1.807, 2.05) is 29.2 Å². The molecule has 0 aliphatic carbocycles. The molecule has 0 aliphatic heterocycles. The molecule has 0 spiro atoms. The molecule has 0 aromatic carbocycles. The number of rotatable bonds is 2. The van der Waals surface area contributed by atoms with Crippen LogP contribution in [0.4, 0.5) is 0 Å². The van der Waals surface area contributed by atoms with Crippen LogP contribution in [0.3, 0.4) is 0 Å². The maximum absolute atomic E-state index is 4.20. The summed E-state index contributed by atoms with van der Waals surface area (Å²) >= 11 is 2.25. The number of nitrogens with zero attached hydrogens (tertiary/aromatic N) is 3. The van der Waals surface area contributed by atoms with Gasteiger partial charge in [-0.25, -0.2) is 0 Å². The van der Waals surface area contributed by atoms with Crippen LogP contribution in [-0.4, -0.2) is 14.8 Å². The number of hydrogen-bond donors (Lipinski definition) is 0. The van der Waals surface area contributed by atoms with Crippen LogP contribution in [0.15, 0.2) is 36.9 Å². The third-order valence-corrected chi connectivity index (χ3v) is 2.25. The maximum atomic E-state index is 4.20. The lowest BCUT2D eigenvalue weighted by molar-refractivity contribution is 0.686. The molecule has 0 unspecified atom stereocenters. The predicted octanol–water partition coefficient (Wildman–Crippen LogP) is 1.93. The summed E-state index contributed by atoms with van der Waals surface area (Å²) in [6.07, 6.45) is 7.45. The van der Waals surface area contributed by atoms with Crippen molar-refractivity contribution in [1.82, 2.24) is 14.8 Å². The first-order chi connectivity index (χ1) is 6.34. The van der Waals surface area contributed by atoms with Crippen molar-refractivity contribution in [1.29, 1.82) is 0 Å². The minimum absolute atomic E-state index is 0.811. The van der Waals surface area contributed by atoms with Gasteiger partial charge in [0.2, 0.25) is 0 Å². The molecule has 0 atom stereocenters. The molecule has 0 saturated carbocycles. The second-order valence-corrected chi connectivity index (χ2v) is 3.96. The minimum atomic E-state index is 0.811. The molecular weight excluding hydrogens is 277 g/mol. The zero-order valence-corrected chi connectivity index (χ0v) is 9.05. The van der Waals surface area contributed by atoms with E-state index in [4.69, 9.17) is 0 Å². The highest BCUT2D eigenvalue weighted by Gasteiger charge is 1.95. The second kappa shape index (κ2) is 3.87. The molecule has 3 nitrogen and oxygen atoms in total. The number of pyridine rings is 1. The van der Waals surface area contributed by atoms with Gasteiger partial charge < -0.3 is 0 Å². The van der Waals surface area contributed by atoms with Crippen molar-refractivity contribution in [3.63, 3.8) is 0 Å². The second-order valence-electron chi connectivity index (χ2n) is 2.71. The third kappa shape index (κ3) is 2.27. The van der Waals surface area contributed by atoms with Gasteiger partial charge in [0, 0.05) is 18.6 Å². The molecule has 0 fully saturated rings. The standard InChI is InChI=1S/C9H8IN3/c10-9-5-12-13(7-9)6-8-1-3-11-4-2-8/h1-5,7H,6H2. The zero-order valence-electron chi connectivity index (χ0n) is 6.89. The van der Waals surface area contributed by atoms with E-state index in [0.29, 0.717) is 0 Å². The summed E-state index contributed by atoms with van der Waals surface area (Å²) in [5.74, 6) is 0. The summed E-state index contributed by atoms with van der Waals surface area (Å²) in [6, 6.07) is 3.99. The van der Waals surface area contributed by atoms with Gasteiger partial charge in [-0.15, -0.1) is 0 Å². The van der Waals surface area contributed by atoms with Crippen LogP contribution in [0.2, 0.25) is 0 Å². The van der Waals surface area contributed by atoms with Gasteiger partial charge in [-0.2, -0.15) is 5.10 Å². The number of aromatic nitrogens is 3. The van der Waals surface area contributed by atoms with Gasteiger partial charge in [-0.05, 0) is 40.3 Å². The Kier molecular flexibility index (Phi) is 2.58. The van der Waals surface area contributed by atoms with E-state index in [0.717, 1.165) is 10.1 Å². The Morgan fingerprint density at radius 2 is 2.08 bits per heavy atom. The highest BCUT2D eigenvalue weighted by atomic mass is 127. The largest absolute Gasteiger partial charge is 0.267 e. The van der Waals surface area contributed by atoms with E-state index in [9.17, 15) is 0 Å². The van der Waals surface area contributed by atoms with Gasteiger partial charge in [0.25, 0.3) is 0 Å². The first-order valence-corrected chi connectivity index (χ1v) is 4.99. The quantitative estimate of drug-likeness (QED) is 0.789. The van der Waals surface area contributed by atoms with Crippen LogP contribution in [0.5, 0.6) is 0 Å². The Morgan fingerprint density at radius 1 is 1.31 bits per heavy atom. The average molecular weight is 285 g/mol. The third-order valence-electron chi connectivity index (χ3n) is 1.70. The van der Waals surface area contributed by atoms with Crippen LogP contribution < -0.4 is 0 Å². The Morgan fingerprint density at radius 3 is 2.69 bits per heavy atom. The fraction of sp³-hybridized carbons (Fsp3) is 0.111. The fourth-order valence-electron chi connectivity index (χ4n) is 1.10. The SMILES string of the molecule is Ic1cnn(Cc2ccncc2)c1. The van der Waals surface area contributed by atoms with E-state index in [1.165, 1.54) is 5.56 Å². The molecule has 0 radical (unpaired) electrons. The first kappa shape index (κ1) is 8.68. The summed E-state index contributed by atoms with van der Waals surface area (Å²) in [4.78, 5) is 3.96. The molecule has 13 heavy (non-hydrogen) atoms. The van der Waals surface area contributed by atoms with Crippen molar-refractivity contribution < 1.29 is 0 Å². The average Bonchev–Trinajstić information content (AvgIpc) is 2.53. The molecular formula is C9H8IN3. The lowest BCUT2D eigenvalue weighted by atomic mass is 10.3. The van der Waals surface area contributed by atoms with E-state index in [-0.39, 0.29) is 0 Å². The fourth-order valence-corrected chi connectivity index (χ4v) is 1.55. The molecule has 4 heteroatoms. The van der Waals surface area contributed by atoms with E-state index in [2.05, 4.69) is 32.7 Å². The van der Waals surface area contributed by atoms with E-state index < -0.39 is 0 Å². The van der Waals surface area contributed by atoms with Gasteiger partial charge >= 0.3 is 0 Å². The molecule has 2 aromatic heterocycles. The molecule has 0 N–H and O–H groups in total. The first-order valence-electron chi connectivity index (χ1n) is 3.91. The molecule has 0 amide bonds. The molecule has 2 aromatic rings. The molecule has 0 aliphatic rings. The lowest BCUT2D eigenvalue weighted by Crippen LogP contribution is -1.99. The Labute approximate surface area is 89.9 Å². The van der Waals surface area contributed by atoms with E-state index in [1.54, 1.807) is 12.4 Å². The smallest absolute Gasteiger partial charge is 0.0660 e. The van der Waals surface area contributed by atoms with Gasteiger partial charge in [0.15, 0.2) is 0 Å². The normalized spacial score (nSPS) is 10.2. The Hall–Kier alpha value is -0.910. The van der Waals surface area contributed by atoms with Crippen molar-refractivity contribution in [3.05, 3.63) is 46.1 Å². The number of halogens is 1. The summed E-state index contributed by atoms with van der Waals surface area (Å²) in [5, 5.41) is 4.20. The van der Waals surface area contributed by atoms with Crippen molar-refractivity contribution in [2.75, 3.05) is 0 Å². The monoisotopic (exact) mass is 285 g/mol. The van der Waals surface area contributed by atoms with Crippen molar-refractivity contribution >= 4 is 22.6 Å². The summed E-state index contributed by atoms with van der Waals surface area (Å²) in [6.45, 7) is 0.811. The molecule has 0 saturated heterocycles. The summed E-state index contributed by atoms with van der Waals surface area (Å²) in [5.41, 5.74) is 1.22. The highest BCUT2D eigenvalue weighted by Crippen LogP contribution is 2.04.